The van der Waals surface area contributed by atoms with Gasteiger partial charge in [-0.3, -0.25) is 4.79 Å². The van der Waals surface area contributed by atoms with Gasteiger partial charge in [0.1, 0.15) is 0 Å². The Morgan fingerprint density at radius 1 is 1.29 bits per heavy atom. The number of thiophene rings is 1. The number of carbonyl (C=O) groups is 1. The molecule has 0 aliphatic carbocycles. The van der Waals surface area contributed by atoms with Crippen LogP contribution in [0.25, 0.3) is 6.08 Å². The van der Waals surface area contributed by atoms with Crippen LogP contribution >= 0.6 is 22.9 Å². The van der Waals surface area contributed by atoms with Crippen LogP contribution in [-0.4, -0.2) is 12.5 Å². The second-order valence-electron chi connectivity index (χ2n) is 4.57. The molecule has 2 rings (SSSR count). The number of benzene rings is 1. The van der Waals surface area contributed by atoms with Gasteiger partial charge in [0.15, 0.2) is 0 Å². The fourth-order valence-electron chi connectivity index (χ4n) is 1.69. The van der Waals surface area contributed by atoms with Gasteiger partial charge in [-0.25, -0.2) is 0 Å². The zero-order valence-electron chi connectivity index (χ0n) is 12.2. The lowest BCUT2D eigenvalue weighted by atomic mass is 10.1. The van der Waals surface area contributed by atoms with E-state index in [9.17, 15) is 18.0 Å². The van der Waals surface area contributed by atoms with Crippen molar-refractivity contribution >= 4 is 34.9 Å². The minimum Gasteiger partial charge on any atom is -0.342 e. The smallest absolute Gasteiger partial charge is 0.342 e. The summed E-state index contributed by atoms with van der Waals surface area (Å²) >= 11 is 7.11. The molecule has 0 unspecified atom stereocenters. The van der Waals surface area contributed by atoms with Crippen molar-refractivity contribution in [3.05, 3.63) is 62.8 Å². The number of rotatable bonds is 3. The summed E-state index contributed by atoms with van der Waals surface area (Å²) in [4.78, 5) is 12.4. The summed E-state index contributed by atoms with van der Waals surface area (Å²) in [7, 11) is 0. The Bertz CT molecular complexity index is 815. The third-order valence-electron chi connectivity index (χ3n) is 2.77. The summed E-state index contributed by atoms with van der Waals surface area (Å²) in [6.07, 6.45) is -1.44. The minimum atomic E-state index is -4.40. The predicted molar refractivity (Wildman–Crippen MR) is 89.7 cm³/mol. The van der Waals surface area contributed by atoms with Crippen molar-refractivity contribution in [1.82, 2.24) is 5.32 Å². The van der Waals surface area contributed by atoms with Crippen molar-refractivity contribution in [1.29, 1.82) is 0 Å². The number of nitrogens with one attached hydrogen (secondary N) is 1. The van der Waals surface area contributed by atoms with Gasteiger partial charge in [0.25, 0.3) is 0 Å². The molecule has 24 heavy (non-hydrogen) atoms. The molecule has 1 amide bonds. The Morgan fingerprint density at radius 2 is 2.08 bits per heavy atom. The van der Waals surface area contributed by atoms with Crippen LogP contribution in [0.2, 0.25) is 4.34 Å². The van der Waals surface area contributed by atoms with Gasteiger partial charge in [0.2, 0.25) is 5.91 Å². The summed E-state index contributed by atoms with van der Waals surface area (Å²) in [6, 6.07) is 8.23. The molecule has 0 fully saturated rings. The van der Waals surface area contributed by atoms with E-state index in [1.807, 2.05) is 0 Å². The van der Waals surface area contributed by atoms with Gasteiger partial charge in [0, 0.05) is 16.5 Å². The summed E-state index contributed by atoms with van der Waals surface area (Å²) in [5, 5.41) is 2.52. The van der Waals surface area contributed by atoms with E-state index >= 15 is 0 Å². The van der Waals surface area contributed by atoms with Gasteiger partial charge in [-0.15, -0.1) is 11.3 Å². The number of alkyl halides is 3. The SMILES string of the molecule is O=C(/C=C/c1ccc(Cl)s1)NCC#Cc1cccc(C(F)(F)F)c1. The highest BCUT2D eigenvalue weighted by molar-refractivity contribution is 7.17. The van der Waals surface area contributed by atoms with Gasteiger partial charge in [-0.2, -0.15) is 13.2 Å². The largest absolute Gasteiger partial charge is 0.416 e. The van der Waals surface area contributed by atoms with Crippen LogP contribution in [0, 0.1) is 11.8 Å². The molecule has 7 heteroatoms. The van der Waals surface area contributed by atoms with Crippen LogP contribution in [0.1, 0.15) is 16.0 Å². The molecule has 1 aromatic carbocycles. The van der Waals surface area contributed by atoms with Crippen molar-refractivity contribution in [3.63, 3.8) is 0 Å². The maximum Gasteiger partial charge on any atom is 0.416 e. The monoisotopic (exact) mass is 369 g/mol. The maximum atomic E-state index is 12.6. The average Bonchev–Trinajstić information content (AvgIpc) is 2.95. The quantitative estimate of drug-likeness (QED) is 0.621. The molecule has 0 radical (unpaired) electrons. The van der Waals surface area contributed by atoms with Gasteiger partial charge in [-0.05, 0) is 36.4 Å². The Hall–Kier alpha value is -2.23. The molecule has 1 heterocycles. The molecule has 0 saturated carbocycles. The van der Waals surface area contributed by atoms with E-state index in [0.29, 0.717) is 4.34 Å². The van der Waals surface area contributed by atoms with Crippen LogP contribution in [0.4, 0.5) is 13.2 Å². The average molecular weight is 370 g/mol. The summed E-state index contributed by atoms with van der Waals surface area (Å²) in [6.45, 7) is 0.0324. The third kappa shape index (κ3) is 5.76. The topological polar surface area (TPSA) is 29.1 Å². The molecule has 0 bridgehead atoms. The third-order valence-corrected chi connectivity index (χ3v) is 3.96. The number of amides is 1. The van der Waals surface area contributed by atoms with Crippen molar-refractivity contribution < 1.29 is 18.0 Å². The van der Waals surface area contributed by atoms with Crippen molar-refractivity contribution in [3.8, 4) is 11.8 Å². The van der Waals surface area contributed by atoms with Gasteiger partial charge < -0.3 is 5.32 Å². The first-order valence-corrected chi connectivity index (χ1v) is 7.91. The lowest BCUT2D eigenvalue weighted by molar-refractivity contribution is -0.137. The maximum absolute atomic E-state index is 12.6. The Kier molecular flexibility index (Phi) is 6.07. The lowest BCUT2D eigenvalue weighted by Gasteiger charge is -2.05. The van der Waals surface area contributed by atoms with Crippen molar-refractivity contribution in [2.24, 2.45) is 0 Å². The highest BCUT2D eigenvalue weighted by Gasteiger charge is 2.30. The molecule has 0 aliphatic heterocycles. The molecule has 2 nitrogen and oxygen atoms in total. The van der Waals surface area contributed by atoms with E-state index in [4.69, 9.17) is 11.6 Å². The number of hydrogen-bond donors (Lipinski definition) is 1. The molecule has 124 valence electrons. The van der Waals surface area contributed by atoms with Crippen molar-refractivity contribution in [2.45, 2.75) is 6.18 Å². The fraction of sp³-hybridized carbons (Fsp3) is 0.118. The lowest BCUT2D eigenvalue weighted by Crippen LogP contribution is -2.20. The molecule has 2 aromatic rings. The molecular formula is C17H11ClF3NOS. The first kappa shape index (κ1) is 18.1. The first-order chi connectivity index (χ1) is 11.3. The van der Waals surface area contributed by atoms with Crippen LogP contribution < -0.4 is 5.32 Å². The van der Waals surface area contributed by atoms with E-state index in [1.165, 1.54) is 29.5 Å². The van der Waals surface area contributed by atoms with Crippen LogP contribution in [0.5, 0.6) is 0 Å². The highest BCUT2D eigenvalue weighted by atomic mass is 35.5. The molecule has 0 saturated heterocycles. The zero-order chi connectivity index (χ0) is 17.6. The number of hydrogen-bond acceptors (Lipinski definition) is 2. The molecular weight excluding hydrogens is 359 g/mol. The molecule has 0 spiro atoms. The van der Waals surface area contributed by atoms with E-state index < -0.39 is 11.7 Å². The molecule has 1 aromatic heterocycles. The fourth-order valence-corrected chi connectivity index (χ4v) is 2.65. The summed E-state index contributed by atoms with van der Waals surface area (Å²) in [5.41, 5.74) is -0.515. The first-order valence-electron chi connectivity index (χ1n) is 6.72. The summed E-state index contributed by atoms with van der Waals surface area (Å²) < 4.78 is 38.3. The zero-order valence-corrected chi connectivity index (χ0v) is 13.7. The predicted octanol–water partition coefficient (Wildman–Crippen LogP) is 4.60. The second-order valence-corrected chi connectivity index (χ2v) is 6.32. The highest BCUT2D eigenvalue weighted by Crippen LogP contribution is 2.29. The van der Waals surface area contributed by atoms with Crippen LogP contribution in [0.3, 0.4) is 0 Å². The van der Waals surface area contributed by atoms with Gasteiger partial charge in [0.05, 0.1) is 16.4 Å². The minimum absolute atomic E-state index is 0.0324. The van der Waals surface area contributed by atoms with E-state index in [1.54, 1.807) is 18.2 Å². The Labute approximate surface area is 146 Å². The van der Waals surface area contributed by atoms with Gasteiger partial charge in [-0.1, -0.05) is 29.5 Å². The number of halogens is 4. The Morgan fingerprint density at radius 3 is 2.75 bits per heavy atom. The molecule has 0 aliphatic rings. The van der Waals surface area contributed by atoms with Crippen LogP contribution in [0.15, 0.2) is 42.5 Å². The molecule has 1 N–H and O–H groups in total. The molecule has 0 atom stereocenters. The van der Waals surface area contributed by atoms with Crippen LogP contribution in [-0.2, 0) is 11.0 Å². The van der Waals surface area contributed by atoms with E-state index in [2.05, 4.69) is 17.2 Å². The van der Waals surface area contributed by atoms with Gasteiger partial charge >= 0.3 is 6.18 Å². The van der Waals surface area contributed by atoms with E-state index in [0.717, 1.165) is 17.0 Å². The summed E-state index contributed by atoms with van der Waals surface area (Å²) in [5.74, 6) is 4.85. The van der Waals surface area contributed by atoms with Crippen molar-refractivity contribution in [2.75, 3.05) is 6.54 Å². The normalized spacial score (nSPS) is 11.2. The Balaban J connectivity index is 1.87. The number of carbonyl (C=O) groups excluding carboxylic acids is 1. The van der Waals surface area contributed by atoms with E-state index in [-0.39, 0.29) is 18.0 Å². The standard InChI is InChI=1S/C17H11ClF3NOS/c18-15-8-6-14(24-15)7-9-16(23)22-10-2-4-12-3-1-5-13(11-12)17(19,20)21/h1,3,5-9,11H,10H2,(H,22,23)/b9-7+. The second kappa shape index (κ2) is 8.04.